The molecule has 26 heavy (non-hydrogen) atoms. The molecule has 134 valence electrons. The van der Waals surface area contributed by atoms with Gasteiger partial charge in [-0.3, -0.25) is 9.59 Å². The number of nitrogens with zero attached hydrogens (tertiary/aromatic N) is 2. The van der Waals surface area contributed by atoms with Crippen LogP contribution in [0.3, 0.4) is 0 Å². The number of nitrogens with one attached hydrogen (secondary N) is 1. The molecular formula is C21H23N3O2. The van der Waals surface area contributed by atoms with Crippen LogP contribution in [0, 0.1) is 13.8 Å². The molecule has 5 heteroatoms. The average molecular weight is 349 g/mol. The normalized spacial score (nSPS) is 18.6. The van der Waals surface area contributed by atoms with Gasteiger partial charge in [0.25, 0.3) is 11.8 Å². The van der Waals surface area contributed by atoms with E-state index in [1.165, 1.54) is 5.56 Å². The van der Waals surface area contributed by atoms with E-state index in [0.29, 0.717) is 11.1 Å². The summed E-state index contributed by atoms with van der Waals surface area (Å²) in [6.45, 7) is 4.88. The SMILES string of the molecule is Cc1ccc(NC(=O)c2ccc3c(c2)N(C)[C@@H]2CCCN2C3=O)cc1C. The van der Waals surface area contributed by atoms with E-state index < -0.39 is 0 Å². The Kier molecular flexibility index (Phi) is 3.94. The standard InChI is InChI=1S/C21H23N3O2/c1-13-6-8-16(11-14(13)2)22-20(25)15-7-9-17-18(12-15)23(3)19-5-4-10-24(19)21(17)26/h6-9,11-12,19H,4-5,10H2,1-3H3,(H,22,25)/t19-/m0/s1. The molecule has 2 aromatic carbocycles. The fraction of sp³-hybridized carbons (Fsp3) is 0.333. The smallest absolute Gasteiger partial charge is 0.257 e. The molecule has 0 bridgehead atoms. The number of carbonyl (C=O) groups excluding carboxylic acids is 2. The first-order valence-electron chi connectivity index (χ1n) is 9.02. The van der Waals surface area contributed by atoms with E-state index in [-0.39, 0.29) is 18.0 Å². The lowest BCUT2D eigenvalue weighted by atomic mass is 10.0. The van der Waals surface area contributed by atoms with Gasteiger partial charge in [-0.1, -0.05) is 6.07 Å². The van der Waals surface area contributed by atoms with Gasteiger partial charge in [-0.05, 0) is 68.1 Å². The topological polar surface area (TPSA) is 52.7 Å². The summed E-state index contributed by atoms with van der Waals surface area (Å²) >= 11 is 0. The van der Waals surface area contributed by atoms with E-state index in [4.69, 9.17) is 0 Å². The Morgan fingerprint density at radius 3 is 2.69 bits per heavy atom. The van der Waals surface area contributed by atoms with E-state index >= 15 is 0 Å². The third kappa shape index (κ3) is 2.64. The second-order valence-electron chi connectivity index (χ2n) is 7.22. The molecule has 2 aliphatic rings. The zero-order chi connectivity index (χ0) is 18.4. The predicted octanol–water partition coefficient (Wildman–Crippen LogP) is 3.57. The largest absolute Gasteiger partial charge is 0.354 e. The highest BCUT2D eigenvalue weighted by molar-refractivity contribution is 6.08. The van der Waals surface area contributed by atoms with Crippen molar-refractivity contribution in [3.63, 3.8) is 0 Å². The number of fused-ring (bicyclic) bond motifs is 2. The molecule has 2 heterocycles. The van der Waals surface area contributed by atoms with E-state index in [0.717, 1.165) is 36.3 Å². The molecule has 2 aromatic rings. The Morgan fingerprint density at radius 2 is 1.92 bits per heavy atom. The van der Waals surface area contributed by atoms with Gasteiger partial charge in [0.15, 0.2) is 0 Å². The zero-order valence-corrected chi connectivity index (χ0v) is 15.4. The predicted molar refractivity (Wildman–Crippen MR) is 103 cm³/mol. The van der Waals surface area contributed by atoms with Crippen molar-refractivity contribution in [1.82, 2.24) is 4.90 Å². The van der Waals surface area contributed by atoms with E-state index in [2.05, 4.69) is 10.2 Å². The minimum atomic E-state index is -0.161. The quantitative estimate of drug-likeness (QED) is 0.902. The van der Waals surface area contributed by atoms with Gasteiger partial charge in [-0.15, -0.1) is 0 Å². The highest BCUT2D eigenvalue weighted by Crippen LogP contribution is 2.35. The van der Waals surface area contributed by atoms with Crippen LogP contribution in [0.2, 0.25) is 0 Å². The van der Waals surface area contributed by atoms with Crippen molar-refractivity contribution < 1.29 is 9.59 Å². The number of amides is 2. The van der Waals surface area contributed by atoms with Crippen molar-refractivity contribution in [1.29, 1.82) is 0 Å². The number of hydrogen-bond donors (Lipinski definition) is 1. The van der Waals surface area contributed by atoms with Crippen molar-refractivity contribution in [2.24, 2.45) is 0 Å². The highest BCUT2D eigenvalue weighted by Gasteiger charge is 2.38. The van der Waals surface area contributed by atoms with Crippen LogP contribution in [0.5, 0.6) is 0 Å². The average Bonchev–Trinajstić information content (AvgIpc) is 3.12. The third-order valence-electron chi connectivity index (χ3n) is 5.56. The molecule has 2 amide bonds. The van der Waals surface area contributed by atoms with Gasteiger partial charge in [0, 0.05) is 24.8 Å². The summed E-state index contributed by atoms with van der Waals surface area (Å²) in [7, 11) is 2.00. The molecule has 1 atom stereocenters. The summed E-state index contributed by atoms with van der Waals surface area (Å²) in [5.41, 5.74) is 5.19. The fourth-order valence-corrected chi connectivity index (χ4v) is 3.87. The van der Waals surface area contributed by atoms with E-state index in [9.17, 15) is 9.59 Å². The number of aryl methyl sites for hydroxylation is 2. The molecule has 2 aliphatic heterocycles. The summed E-state index contributed by atoms with van der Waals surface area (Å²) in [5, 5.41) is 2.95. The van der Waals surface area contributed by atoms with Gasteiger partial charge in [0.05, 0.1) is 11.3 Å². The Balaban J connectivity index is 1.62. The molecule has 0 spiro atoms. The van der Waals surface area contributed by atoms with Crippen LogP contribution in [-0.4, -0.2) is 36.5 Å². The molecule has 0 aliphatic carbocycles. The number of carbonyl (C=O) groups is 2. The minimum absolute atomic E-state index is 0.0710. The van der Waals surface area contributed by atoms with Crippen LogP contribution in [0.4, 0.5) is 11.4 Å². The maximum Gasteiger partial charge on any atom is 0.257 e. The maximum absolute atomic E-state index is 12.7. The van der Waals surface area contributed by atoms with Crippen LogP contribution in [0.25, 0.3) is 0 Å². The zero-order valence-electron chi connectivity index (χ0n) is 15.4. The van der Waals surface area contributed by atoms with Gasteiger partial charge in [-0.2, -0.15) is 0 Å². The molecule has 0 aromatic heterocycles. The summed E-state index contributed by atoms with van der Waals surface area (Å²) in [4.78, 5) is 29.4. The van der Waals surface area contributed by atoms with Crippen molar-refractivity contribution in [3.05, 3.63) is 58.7 Å². The molecule has 0 saturated carbocycles. The monoisotopic (exact) mass is 349 g/mol. The molecule has 0 radical (unpaired) electrons. The Labute approximate surface area is 153 Å². The van der Waals surface area contributed by atoms with Crippen molar-refractivity contribution in [2.75, 3.05) is 23.8 Å². The minimum Gasteiger partial charge on any atom is -0.354 e. The summed E-state index contributed by atoms with van der Waals surface area (Å²) < 4.78 is 0. The molecule has 1 fully saturated rings. The molecule has 0 unspecified atom stereocenters. The van der Waals surface area contributed by atoms with Crippen molar-refractivity contribution in [3.8, 4) is 0 Å². The number of anilines is 2. The van der Waals surface area contributed by atoms with Crippen LogP contribution in [-0.2, 0) is 0 Å². The van der Waals surface area contributed by atoms with Crippen LogP contribution in [0.1, 0.15) is 44.7 Å². The Bertz CT molecular complexity index is 906. The first kappa shape index (κ1) is 16.6. The van der Waals surface area contributed by atoms with Crippen LogP contribution >= 0.6 is 0 Å². The lowest BCUT2D eigenvalue weighted by Crippen LogP contribution is -2.50. The molecule has 1 saturated heterocycles. The number of rotatable bonds is 2. The van der Waals surface area contributed by atoms with Gasteiger partial charge in [-0.25, -0.2) is 0 Å². The molecular weight excluding hydrogens is 326 g/mol. The van der Waals surface area contributed by atoms with Gasteiger partial charge < -0.3 is 15.1 Å². The van der Waals surface area contributed by atoms with Crippen LogP contribution < -0.4 is 10.2 Å². The first-order valence-corrected chi connectivity index (χ1v) is 9.02. The highest BCUT2D eigenvalue weighted by atomic mass is 16.2. The van der Waals surface area contributed by atoms with Crippen molar-refractivity contribution >= 4 is 23.2 Å². The van der Waals surface area contributed by atoms with Crippen molar-refractivity contribution in [2.45, 2.75) is 32.9 Å². The van der Waals surface area contributed by atoms with Crippen LogP contribution in [0.15, 0.2) is 36.4 Å². The Morgan fingerprint density at radius 1 is 1.12 bits per heavy atom. The lowest BCUT2D eigenvalue weighted by molar-refractivity contribution is 0.0719. The maximum atomic E-state index is 12.7. The van der Waals surface area contributed by atoms with E-state index in [1.807, 2.05) is 50.1 Å². The third-order valence-corrected chi connectivity index (χ3v) is 5.56. The second-order valence-corrected chi connectivity index (χ2v) is 7.22. The summed E-state index contributed by atoms with van der Waals surface area (Å²) in [6, 6.07) is 11.2. The number of benzene rings is 2. The summed E-state index contributed by atoms with van der Waals surface area (Å²) in [6.07, 6.45) is 2.10. The Hall–Kier alpha value is -2.82. The number of hydrogen-bond acceptors (Lipinski definition) is 3. The molecule has 5 nitrogen and oxygen atoms in total. The molecule has 1 N–H and O–H groups in total. The van der Waals surface area contributed by atoms with Gasteiger partial charge in [0.1, 0.15) is 6.17 Å². The van der Waals surface area contributed by atoms with Gasteiger partial charge in [0.2, 0.25) is 0 Å². The second kappa shape index (κ2) is 6.16. The molecule has 4 rings (SSSR count). The van der Waals surface area contributed by atoms with Gasteiger partial charge >= 0.3 is 0 Å². The lowest BCUT2D eigenvalue weighted by Gasteiger charge is -2.40. The first-order chi connectivity index (χ1) is 12.5. The fourth-order valence-electron chi connectivity index (χ4n) is 3.87. The van der Waals surface area contributed by atoms with E-state index in [1.54, 1.807) is 12.1 Å². The summed E-state index contributed by atoms with van der Waals surface area (Å²) in [5.74, 6) is -0.0903.